The van der Waals surface area contributed by atoms with Crippen LogP contribution in [0, 0.1) is 19.8 Å². The molecule has 0 saturated carbocycles. The van der Waals surface area contributed by atoms with Gasteiger partial charge in [-0.3, -0.25) is 9.59 Å². The van der Waals surface area contributed by atoms with Crippen molar-refractivity contribution in [2.45, 2.75) is 33.7 Å². The molecule has 1 atom stereocenters. The van der Waals surface area contributed by atoms with Crippen molar-refractivity contribution in [3.05, 3.63) is 68.6 Å². The lowest BCUT2D eigenvalue weighted by atomic mass is 9.96. The van der Waals surface area contributed by atoms with Crippen molar-refractivity contribution >= 4 is 16.9 Å². The van der Waals surface area contributed by atoms with Crippen molar-refractivity contribution in [2.75, 3.05) is 26.9 Å². The van der Waals surface area contributed by atoms with Gasteiger partial charge in [-0.2, -0.15) is 0 Å². The van der Waals surface area contributed by atoms with Gasteiger partial charge < -0.3 is 23.9 Å². The van der Waals surface area contributed by atoms with E-state index in [4.69, 9.17) is 13.9 Å². The first-order chi connectivity index (χ1) is 15.8. The second-order valence-electron chi connectivity index (χ2n) is 8.87. The average molecular weight is 452 g/mol. The molecule has 1 amide bonds. The molecule has 0 spiro atoms. The molecule has 1 aliphatic rings. The van der Waals surface area contributed by atoms with Crippen LogP contribution in [0.4, 0.5) is 0 Å². The van der Waals surface area contributed by atoms with E-state index < -0.39 is 11.9 Å². The number of carbonyl (C=O) groups excluding carboxylic acids is 1. The van der Waals surface area contributed by atoms with Crippen LogP contribution in [0.25, 0.3) is 11.0 Å². The Morgan fingerprint density at radius 3 is 2.55 bits per heavy atom. The molecule has 0 aliphatic carbocycles. The number of aliphatic hydroxyl groups is 1. The number of amides is 1. The van der Waals surface area contributed by atoms with Crippen molar-refractivity contribution in [1.29, 1.82) is 0 Å². The normalized spacial score (nSPS) is 15.4. The number of β-amino-alcohol motifs (C(OH)–C–C–N with tert-alkyl or cyclic N) is 1. The minimum atomic E-state index is -0.700. The van der Waals surface area contributed by atoms with E-state index in [-0.39, 0.29) is 29.9 Å². The van der Waals surface area contributed by atoms with E-state index >= 15 is 0 Å². The Balaban J connectivity index is 1.91. The smallest absolute Gasteiger partial charge is 0.290 e. The minimum absolute atomic E-state index is 0.0232. The van der Waals surface area contributed by atoms with Gasteiger partial charge in [-0.15, -0.1) is 0 Å². The SMILES string of the molecule is COc1cc(C2c3c(oc4cc(C)cc(C)c4c3=O)C(=O)N2CCO)ccc1OCC(C)C. The summed E-state index contributed by atoms with van der Waals surface area (Å²) in [6.07, 6.45) is 0. The van der Waals surface area contributed by atoms with Crippen LogP contribution in [0.2, 0.25) is 0 Å². The van der Waals surface area contributed by atoms with Gasteiger partial charge in [0.05, 0.1) is 37.3 Å². The molecule has 174 valence electrons. The van der Waals surface area contributed by atoms with Crippen LogP contribution in [-0.2, 0) is 0 Å². The van der Waals surface area contributed by atoms with Crippen LogP contribution >= 0.6 is 0 Å². The van der Waals surface area contributed by atoms with Gasteiger partial charge in [0.15, 0.2) is 16.9 Å². The summed E-state index contributed by atoms with van der Waals surface area (Å²) in [4.78, 5) is 28.4. The van der Waals surface area contributed by atoms with Gasteiger partial charge >= 0.3 is 0 Å². The van der Waals surface area contributed by atoms with Crippen LogP contribution in [0.15, 0.2) is 39.5 Å². The molecule has 0 bridgehead atoms. The highest BCUT2D eigenvalue weighted by Gasteiger charge is 2.42. The van der Waals surface area contributed by atoms with Crippen LogP contribution in [-0.4, -0.2) is 42.8 Å². The number of aliphatic hydroxyl groups excluding tert-OH is 1. The Bertz CT molecular complexity index is 1280. The molecule has 7 nitrogen and oxygen atoms in total. The van der Waals surface area contributed by atoms with E-state index in [9.17, 15) is 14.7 Å². The number of fused-ring (bicyclic) bond motifs is 2. The predicted octanol–water partition coefficient (Wildman–Crippen LogP) is 3.99. The molecule has 2 aromatic carbocycles. The summed E-state index contributed by atoms with van der Waals surface area (Å²) >= 11 is 0. The lowest BCUT2D eigenvalue weighted by molar-refractivity contribution is 0.0691. The Morgan fingerprint density at radius 2 is 1.88 bits per heavy atom. The van der Waals surface area contributed by atoms with Crippen LogP contribution in [0.3, 0.4) is 0 Å². The summed E-state index contributed by atoms with van der Waals surface area (Å²) in [5.41, 5.74) is 2.86. The molecule has 0 saturated heterocycles. The van der Waals surface area contributed by atoms with E-state index in [1.807, 2.05) is 26.0 Å². The van der Waals surface area contributed by atoms with Crippen LogP contribution in [0.5, 0.6) is 11.5 Å². The standard InChI is InChI=1S/C26H29NO6/c1-14(2)13-32-18-7-6-17(12-19(18)31-5)23-22-24(29)21-16(4)10-15(3)11-20(21)33-25(22)26(30)27(23)8-9-28/h6-7,10-12,14,23,28H,8-9,13H2,1-5H3. The largest absolute Gasteiger partial charge is 0.493 e. The molecular weight excluding hydrogens is 422 g/mol. The highest BCUT2D eigenvalue weighted by molar-refractivity contribution is 5.99. The summed E-state index contributed by atoms with van der Waals surface area (Å²) in [6, 6.07) is 8.37. The maximum Gasteiger partial charge on any atom is 0.290 e. The van der Waals surface area contributed by atoms with Gasteiger partial charge in [-0.1, -0.05) is 26.0 Å². The Labute approximate surface area is 192 Å². The van der Waals surface area contributed by atoms with Crippen LogP contribution < -0.4 is 14.9 Å². The van der Waals surface area contributed by atoms with Gasteiger partial charge in [0.1, 0.15) is 5.58 Å². The van der Waals surface area contributed by atoms with Crippen molar-refractivity contribution in [3.63, 3.8) is 0 Å². The first-order valence-electron chi connectivity index (χ1n) is 11.1. The van der Waals surface area contributed by atoms with E-state index in [0.717, 1.165) is 11.1 Å². The van der Waals surface area contributed by atoms with Gasteiger partial charge in [0, 0.05) is 6.54 Å². The first kappa shape index (κ1) is 22.9. The van der Waals surface area contributed by atoms with Crippen molar-refractivity contribution in [3.8, 4) is 11.5 Å². The Morgan fingerprint density at radius 1 is 1.12 bits per heavy atom. The zero-order chi connectivity index (χ0) is 23.9. The second-order valence-corrected chi connectivity index (χ2v) is 8.87. The Hall–Kier alpha value is -3.32. The number of benzene rings is 2. The van der Waals surface area contributed by atoms with Crippen molar-refractivity contribution < 1.29 is 23.8 Å². The molecule has 3 aromatic rings. The minimum Gasteiger partial charge on any atom is -0.493 e. The molecule has 7 heteroatoms. The summed E-state index contributed by atoms with van der Waals surface area (Å²) in [6.45, 7) is 8.25. The average Bonchev–Trinajstić information content (AvgIpc) is 3.04. The zero-order valence-electron chi connectivity index (χ0n) is 19.6. The number of ether oxygens (including phenoxy) is 2. The molecule has 4 rings (SSSR count). The number of methoxy groups -OCH3 is 1. The van der Waals surface area contributed by atoms with E-state index in [0.29, 0.717) is 40.6 Å². The first-order valence-corrected chi connectivity index (χ1v) is 11.1. The summed E-state index contributed by atoms with van der Waals surface area (Å²) in [5, 5.41) is 10.1. The van der Waals surface area contributed by atoms with Crippen molar-refractivity contribution in [1.82, 2.24) is 4.90 Å². The molecule has 33 heavy (non-hydrogen) atoms. The summed E-state index contributed by atoms with van der Waals surface area (Å²) in [7, 11) is 1.55. The molecule has 1 N–H and O–H groups in total. The van der Waals surface area contributed by atoms with Crippen molar-refractivity contribution in [2.24, 2.45) is 5.92 Å². The Kier molecular flexibility index (Phi) is 6.17. The van der Waals surface area contributed by atoms with E-state index in [2.05, 4.69) is 13.8 Å². The number of aryl methyl sites for hydroxylation is 2. The number of carbonyl (C=O) groups is 1. The van der Waals surface area contributed by atoms with E-state index in [1.165, 1.54) is 4.90 Å². The molecule has 1 aromatic heterocycles. The molecule has 1 aliphatic heterocycles. The lowest BCUT2D eigenvalue weighted by Crippen LogP contribution is -2.32. The maximum atomic E-state index is 13.7. The summed E-state index contributed by atoms with van der Waals surface area (Å²) < 4.78 is 17.4. The predicted molar refractivity (Wildman–Crippen MR) is 125 cm³/mol. The van der Waals surface area contributed by atoms with Gasteiger partial charge in [-0.25, -0.2) is 0 Å². The number of hydrogen-bond donors (Lipinski definition) is 1. The monoisotopic (exact) mass is 451 g/mol. The number of hydrogen-bond acceptors (Lipinski definition) is 6. The third kappa shape index (κ3) is 3.97. The number of nitrogens with zero attached hydrogens (tertiary/aromatic N) is 1. The van der Waals surface area contributed by atoms with Gasteiger partial charge in [0.25, 0.3) is 5.91 Å². The number of rotatable bonds is 7. The maximum absolute atomic E-state index is 13.7. The lowest BCUT2D eigenvalue weighted by Gasteiger charge is -2.25. The van der Waals surface area contributed by atoms with Gasteiger partial charge in [-0.05, 0) is 54.7 Å². The fourth-order valence-corrected chi connectivity index (χ4v) is 4.43. The highest BCUT2D eigenvalue weighted by Crippen LogP contribution is 2.41. The van der Waals surface area contributed by atoms with Crippen LogP contribution in [0.1, 0.15) is 52.7 Å². The molecule has 1 unspecified atom stereocenters. The third-order valence-electron chi connectivity index (χ3n) is 5.83. The van der Waals surface area contributed by atoms with Gasteiger partial charge in [0.2, 0.25) is 5.76 Å². The molecule has 0 fully saturated rings. The second kappa shape index (κ2) is 8.90. The quantitative estimate of drug-likeness (QED) is 0.584. The fraction of sp³-hybridized carbons (Fsp3) is 0.385. The molecular formula is C26H29NO6. The highest BCUT2D eigenvalue weighted by atomic mass is 16.5. The topological polar surface area (TPSA) is 89.2 Å². The molecule has 2 heterocycles. The summed E-state index contributed by atoms with van der Waals surface area (Å²) in [5.74, 6) is 1.05. The zero-order valence-corrected chi connectivity index (χ0v) is 19.6. The fourth-order valence-electron chi connectivity index (χ4n) is 4.43. The molecule has 0 radical (unpaired) electrons. The third-order valence-corrected chi connectivity index (χ3v) is 5.83. The van der Waals surface area contributed by atoms with E-state index in [1.54, 1.807) is 25.3 Å².